The average Bonchev–Trinajstić information content (AvgIpc) is 2.10. The topological polar surface area (TPSA) is 49.7 Å². The Hall–Kier alpha value is 1.80. The van der Waals surface area contributed by atoms with Crippen LogP contribution in [-0.2, 0) is 0 Å². The third-order valence-corrected chi connectivity index (χ3v) is 3.04. The summed E-state index contributed by atoms with van der Waals surface area (Å²) in [5, 5.41) is 17.2. The van der Waals surface area contributed by atoms with Crippen LogP contribution in [0, 0.1) is 0 Å². The fraction of sp³-hybridized carbons (Fsp3) is 0. The maximum atomic E-state index is 8.54. The minimum absolute atomic E-state index is 0. The molecule has 1 aromatic carbocycles. The summed E-state index contributed by atoms with van der Waals surface area (Å²) >= 11 is 22.7. The van der Waals surface area contributed by atoms with Gasteiger partial charge in [0.1, 0.15) is 10.8 Å². The Balaban J connectivity index is 0.00000196. The second kappa shape index (κ2) is 7.28. The molecule has 0 spiro atoms. The van der Waals surface area contributed by atoms with Gasteiger partial charge in [-0.15, -0.1) is 0 Å². The van der Waals surface area contributed by atoms with E-state index < -0.39 is 7.32 Å². The van der Waals surface area contributed by atoms with E-state index in [0.717, 1.165) is 0 Å². The molecule has 0 fully saturated rings. The van der Waals surface area contributed by atoms with Crippen LogP contribution >= 0.6 is 46.4 Å². The van der Waals surface area contributed by atoms with Crippen LogP contribution in [0.25, 0.3) is 0 Å². The SMILES string of the molecule is OB(O)Oc1cc(Cl)c(Cl)c(Cl)c1Cl.[KH]. The van der Waals surface area contributed by atoms with Gasteiger partial charge in [0.25, 0.3) is 0 Å². The summed E-state index contributed by atoms with van der Waals surface area (Å²) in [7, 11) is -2.00. The molecule has 78 valence electrons. The predicted molar refractivity (Wildman–Crippen MR) is 64.5 cm³/mol. The van der Waals surface area contributed by atoms with E-state index in [1.165, 1.54) is 6.07 Å². The van der Waals surface area contributed by atoms with Gasteiger partial charge in [0.2, 0.25) is 0 Å². The Morgan fingerprint density at radius 3 is 2.00 bits per heavy atom. The van der Waals surface area contributed by atoms with Crippen LogP contribution in [0.4, 0.5) is 0 Å². The van der Waals surface area contributed by atoms with Gasteiger partial charge in [-0.3, -0.25) is 0 Å². The number of halogens is 4. The molecular formula is C6H4BCl4KO3. The third kappa shape index (κ3) is 4.52. The minimum atomic E-state index is -2.00. The zero-order valence-corrected chi connectivity index (χ0v) is 9.49. The quantitative estimate of drug-likeness (QED) is 0.498. The van der Waals surface area contributed by atoms with E-state index in [2.05, 4.69) is 4.65 Å². The van der Waals surface area contributed by atoms with E-state index in [1.807, 2.05) is 0 Å². The van der Waals surface area contributed by atoms with E-state index in [4.69, 9.17) is 56.5 Å². The van der Waals surface area contributed by atoms with Crippen molar-refractivity contribution in [3.8, 4) is 5.75 Å². The Bertz CT molecular complexity index is 363. The zero-order chi connectivity index (χ0) is 10.9. The first-order chi connectivity index (χ1) is 6.43. The Morgan fingerprint density at radius 2 is 1.53 bits per heavy atom. The Kier molecular flexibility index (Phi) is 8.16. The van der Waals surface area contributed by atoms with Crippen LogP contribution in [0.15, 0.2) is 6.07 Å². The normalized spacial score (nSPS) is 9.47. The molecule has 0 saturated carbocycles. The average molecular weight is 316 g/mol. The van der Waals surface area contributed by atoms with Crippen molar-refractivity contribution in [2.45, 2.75) is 0 Å². The first-order valence-electron chi connectivity index (χ1n) is 3.29. The Morgan fingerprint density at radius 1 is 1.00 bits per heavy atom. The van der Waals surface area contributed by atoms with Gasteiger partial charge in [-0.2, -0.15) is 0 Å². The van der Waals surface area contributed by atoms with Crippen LogP contribution in [0.5, 0.6) is 5.75 Å². The van der Waals surface area contributed by atoms with Crippen molar-refractivity contribution in [2.24, 2.45) is 0 Å². The van der Waals surface area contributed by atoms with E-state index in [1.54, 1.807) is 0 Å². The molecule has 0 aliphatic carbocycles. The van der Waals surface area contributed by atoms with Crippen LogP contribution in [-0.4, -0.2) is 68.8 Å². The molecule has 0 amide bonds. The van der Waals surface area contributed by atoms with Gasteiger partial charge in [-0.25, -0.2) is 0 Å². The van der Waals surface area contributed by atoms with Crippen molar-refractivity contribution in [3.05, 3.63) is 26.2 Å². The van der Waals surface area contributed by atoms with E-state index in [0.29, 0.717) is 0 Å². The van der Waals surface area contributed by atoms with Gasteiger partial charge in [0.15, 0.2) is 0 Å². The van der Waals surface area contributed by atoms with E-state index in [-0.39, 0.29) is 77.2 Å². The van der Waals surface area contributed by atoms with Crippen molar-refractivity contribution < 1.29 is 14.7 Å². The molecule has 0 unspecified atom stereocenters. The standard InChI is InChI=1S/C6H3BCl4O3.K.H/c8-2-1-3(14-7(12)13)5(10)6(11)4(2)9;;/h1,12-13H;;. The molecule has 0 atom stereocenters. The molecule has 1 rings (SSSR count). The van der Waals surface area contributed by atoms with Gasteiger partial charge in [0.05, 0.1) is 15.1 Å². The van der Waals surface area contributed by atoms with Crippen LogP contribution in [0.2, 0.25) is 20.1 Å². The van der Waals surface area contributed by atoms with Crippen molar-refractivity contribution >= 4 is 105 Å². The third-order valence-electron chi connectivity index (χ3n) is 1.30. The molecule has 1 aromatic rings. The first-order valence-corrected chi connectivity index (χ1v) is 4.80. The Labute approximate surface area is 149 Å². The molecule has 0 heterocycles. The number of rotatable bonds is 2. The molecule has 0 aliphatic heterocycles. The molecule has 0 saturated heterocycles. The van der Waals surface area contributed by atoms with Gasteiger partial charge >= 0.3 is 58.7 Å². The molecule has 0 aromatic heterocycles. The second-order valence-corrected chi connectivity index (χ2v) is 3.78. The zero-order valence-electron chi connectivity index (χ0n) is 6.47. The van der Waals surface area contributed by atoms with Crippen molar-refractivity contribution in [2.75, 3.05) is 0 Å². The van der Waals surface area contributed by atoms with Crippen molar-refractivity contribution in [1.82, 2.24) is 0 Å². The van der Waals surface area contributed by atoms with E-state index in [9.17, 15) is 0 Å². The summed E-state index contributed by atoms with van der Waals surface area (Å²) in [5.74, 6) is -0.0546. The van der Waals surface area contributed by atoms with Gasteiger partial charge < -0.3 is 14.7 Å². The molecule has 2 N–H and O–H groups in total. The van der Waals surface area contributed by atoms with Crippen LogP contribution in [0.3, 0.4) is 0 Å². The fourth-order valence-electron chi connectivity index (χ4n) is 0.750. The monoisotopic (exact) mass is 314 g/mol. The molecule has 3 nitrogen and oxygen atoms in total. The molecule has 9 heteroatoms. The van der Waals surface area contributed by atoms with Crippen LogP contribution in [0.1, 0.15) is 0 Å². The fourth-order valence-corrected chi connectivity index (χ4v) is 1.58. The summed E-state index contributed by atoms with van der Waals surface area (Å²) in [5.41, 5.74) is 0. The van der Waals surface area contributed by atoms with Gasteiger partial charge in [0, 0.05) is 6.07 Å². The molecule has 0 bridgehead atoms. The first kappa shape index (κ1) is 16.8. The molecular weight excluding hydrogens is 312 g/mol. The van der Waals surface area contributed by atoms with Crippen molar-refractivity contribution in [3.63, 3.8) is 0 Å². The molecule has 15 heavy (non-hydrogen) atoms. The maximum absolute atomic E-state index is 8.54. The molecule has 0 aliphatic rings. The number of hydrogen-bond acceptors (Lipinski definition) is 3. The summed E-state index contributed by atoms with van der Waals surface area (Å²) in [6.07, 6.45) is 0. The summed E-state index contributed by atoms with van der Waals surface area (Å²) in [6.45, 7) is 0. The number of benzene rings is 1. The summed E-state index contributed by atoms with van der Waals surface area (Å²) in [4.78, 5) is 0. The summed E-state index contributed by atoms with van der Waals surface area (Å²) < 4.78 is 4.51. The second-order valence-electron chi connectivity index (χ2n) is 2.24. The van der Waals surface area contributed by atoms with Gasteiger partial charge in [-0.1, -0.05) is 46.4 Å². The van der Waals surface area contributed by atoms with Crippen molar-refractivity contribution in [1.29, 1.82) is 0 Å². The molecule has 0 radical (unpaired) electrons. The predicted octanol–water partition coefficient (Wildman–Crippen LogP) is 2.00. The summed E-state index contributed by atoms with van der Waals surface area (Å²) in [6, 6.07) is 1.23. The number of hydrogen-bond donors (Lipinski definition) is 2. The van der Waals surface area contributed by atoms with Crippen LogP contribution < -0.4 is 4.65 Å². The van der Waals surface area contributed by atoms with Gasteiger partial charge in [-0.05, 0) is 0 Å². The van der Waals surface area contributed by atoms with E-state index >= 15 is 0 Å².